The number of nitrogens with zero attached hydrogens (tertiary/aromatic N) is 4. The van der Waals surface area contributed by atoms with Gasteiger partial charge in [0.1, 0.15) is 4.90 Å². The minimum absolute atomic E-state index is 0. The highest BCUT2D eigenvalue weighted by Gasteiger charge is 2.19. The second kappa shape index (κ2) is 8.51. The number of sulfonamides is 1. The number of piperazine rings is 1. The van der Waals surface area contributed by atoms with Crippen LogP contribution in [0.1, 0.15) is 5.56 Å². The van der Waals surface area contributed by atoms with Gasteiger partial charge >= 0.3 is 0 Å². The molecule has 1 aliphatic rings. The first kappa shape index (κ1) is 20.2. The maximum atomic E-state index is 12.5. The van der Waals surface area contributed by atoms with Gasteiger partial charge in [-0.2, -0.15) is 5.26 Å². The molecule has 11 heteroatoms. The SMILES string of the molecule is Cl.N#Cc1ccc(S(=O)(=O)Nc2cnc(N3CCNCC3)nc2)c(Cl)c1. The van der Waals surface area contributed by atoms with E-state index >= 15 is 0 Å². The number of nitriles is 1. The maximum Gasteiger partial charge on any atom is 0.263 e. The number of anilines is 2. The van der Waals surface area contributed by atoms with E-state index in [2.05, 4.69) is 20.0 Å². The normalized spacial score (nSPS) is 14.2. The molecule has 2 N–H and O–H groups in total. The highest BCUT2D eigenvalue weighted by molar-refractivity contribution is 7.92. The lowest BCUT2D eigenvalue weighted by Crippen LogP contribution is -2.44. The average Bonchev–Trinajstić information content (AvgIpc) is 2.62. The van der Waals surface area contributed by atoms with E-state index in [-0.39, 0.29) is 33.6 Å². The molecule has 0 saturated carbocycles. The van der Waals surface area contributed by atoms with Gasteiger partial charge in [-0.15, -0.1) is 12.4 Å². The molecule has 0 aliphatic carbocycles. The third-order valence-corrected chi connectivity index (χ3v) is 5.50. The molecule has 2 aromatic rings. The van der Waals surface area contributed by atoms with Gasteiger partial charge in [0.2, 0.25) is 5.95 Å². The van der Waals surface area contributed by atoms with Gasteiger partial charge in [-0.1, -0.05) is 11.6 Å². The summed E-state index contributed by atoms with van der Waals surface area (Å²) in [7, 11) is -3.90. The van der Waals surface area contributed by atoms with Crippen LogP contribution in [0.2, 0.25) is 5.02 Å². The molecule has 8 nitrogen and oxygen atoms in total. The quantitative estimate of drug-likeness (QED) is 0.781. The Morgan fingerprint density at radius 3 is 2.46 bits per heavy atom. The lowest BCUT2D eigenvalue weighted by Gasteiger charge is -2.27. The minimum atomic E-state index is -3.90. The highest BCUT2D eigenvalue weighted by atomic mass is 35.5. The first-order valence-electron chi connectivity index (χ1n) is 7.50. The molecule has 0 spiro atoms. The van der Waals surface area contributed by atoms with Crippen LogP contribution in [-0.4, -0.2) is 44.6 Å². The summed E-state index contributed by atoms with van der Waals surface area (Å²) in [6.07, 6.45) is 2.83. The number of hydrogen-bond acceptors (Lipinski definition) is 7. The second-order valence-electron chi connectivity index (χ2n) is 5.37. The molecule has 0 bridgehead atoms. The zero-order valence-corrected chi connectivity index (χ0v) is 15.9. The van der Waals surface area contributed by atoms with Gasteiger partial charge in [-0.3, -0.25) is 4.72 Å². The Balaban J connectivity index is 0.00000243. The average molecular weight is 415 g/mol. The summed E-state index contributed by atoms with van der Waals surface area (Å²) in [6.45, 7) is 3.31. The van der Waals surface area contributed by atoms with Crippen molar-refractivity contribution in [1.82, 2.24) is 15.3 Å². The van der Waals surface area contributed by atoms with Gasteiger partial charge in [0.05, 0.1) is 34.7 Å². The van der Waals surface area contributed by atoms with E-state index in [1.807, 2.05) is 11.0 Å². The molecule has 0 radical (unpaired) electrons. The van der Waals surface area contributed by atoms with E-state index in [9.17, 15) is 8.42 Å². The molecule has 26 heavy (non-hydrogen) atoms. The van der Waals surface area contributed by atoms with Crippen LogP contribution in [0.5, 0.6) is 0 Å². The molecule has 0 amide bonds. The van der Waals surface area contributed by atoms with Gasteiger partial charge < -0.3 is 10.2 Å². The van der Waals surface area contributed by atoms with E-state index in [1.165, 1.54) is 30.6 Å². The van der Waals surface area contributed by atoms with E-state index in [0.29, 0.717) is 5.95 Å². The van der Waals surface area contributed by atoms with Crippen molar-refractivity contribution in [3.8, 4) is 6.07 Å². The maximum absolute atomic E-state index is 12.5. The van der Waals surface area contributed by atoms with Gasteiger partial charge in [-0.25, -0.2) is 18.4 Å². The standard InChI is InChI=1S/C15H15ClN6O2S.ClH/c16-13-7-11(8-17)1-2-14(13)25(23,24)21-12-9-19-15(20-10-12)22-5-3-18-4-6-22;/h1-2,7,9-10,18,21H,3-6H2;1H. The number of halogens is 2. The summed E-state index contributed by atoms with van der Waals surface area (Å²) in [5.41, 5.74) is 0.520. The predicted molar refractivity (Wildman–Crippen MR) is 101 cm³/mol. The van der Waals surface area contributed by atoms with Crippen LogP contribution < -0.4 is 14.9 Å². The molecular weight excluding hydrogens is 399 g/mol. The van der Waals surface area contributed by atoms with Crippen molar-refractivity contribution < 1.29 is 8.42 Å². The van der Waals surface area contributed by atoms with Crippen molar-refractivity contribution in [1.29, 1.82) is 5.26 Å². The van der Waals surface area contributed by atoms with Gasteiger partial charge in [-0.05, 0) is 18.2 Å². The molecule has 1 aromatic carbocycles. The zero-order chi connectivity index (χ0) is 17.9. The van der Waals surface area contributed by atoms with Crippen LogP contribution >= 0.6 is 24.0 Å². The molecule has 1 aliphatic heterocycles. The van der Waals surface area contributed by atoms with E-state index < -0.39 is 10.0 Å². The summed E-state index contributed by atoms with van der Waals surface area (Å²) in [5, 5.41) is 12.0. The Morgan fingerprint density at radius 2 is 1.88 bits per heavy atom. The smallest absolute Gasteiger partial charge is 0.263 e. The Morgan fingerprint density at radius 1 is 1.23 bits per heavy atom. The van der Waals surface area contributed by atoms with Gasteiger partial charge in [0, 0.05) is 26.2 Å². The highest BCUT2D eigenvalue weighted by Crippen LogP contribution is 2.24. The molecule has 0 unspecified atom stereocenters. The number of aromatic nitrogens is 2. The lowest BCUT2D eigenvalue weighted by atomic mass is 10.2. The van der Waals surface area contributed by atoms with Crippen molar-refractivity contribution in [2.24, 2.45) is 0 Å². The monoisotopic (exact) mass is 414 g/mol. The third kappa shape index (κ3) is 4.53. The summed E-state index contributed by atoms with van der Waals surface area (Å²) < 4.78 is 27.3. The van der Waals surface area contributed by atoms with Crippen LogP contribution in [0.4, 0.5) is 11.6 Å². The van der Waals surface area contributed by atoms with Crippen molar-refractivity contribution in [3.05, 3.63) is 41.2 Å². The number of benzene rings is 1. The Bertz CT molecular complexity index is 909. The predicted octanol–water partition coefficient (Wildman–Crippen LogP) is 1.63. The van der Waals surface area contributed by atoms with E-state index in [4.69, 9.17) is 16.9 Å². The van der Waals surface area contributed by atoms with Gasteiger partial charge in [0.15, 0.2) is 0 Å². The molecule has 2 heterocycles. The van der Waals surface area contributed by atoms with Crippen LogP contribution in [0.3, 0.4) is 0 Å². The number of hydrogen-bond donors (Lipinski definition) is 2. The molecule has 3 rings (SSSR count). The third-order valence-electron chi connectivity index (χ3n) is 3.64. The summed E-state index contributed by atoms with van der Waals surface area (Å²) in [6, 6.07) is 5.89. The van der Waals surface area contributed by atoms with Crippen LogP contribution in [0, 0.1) is 11.3 Å². The van der Waals surface area contributed by atoms with Gasteiger partial charge in [0.25, 0.3) is 10.0 Å². The number of rotatable bonds is 4. The van der Waals surface area contributed by atoms with Crippen LogP contribution in [0.25, 0.3) is 0 Å². The largest absolute Gasteiger partial charge is 0.338 e. The van der Waals surface area contributed by atoms with Crippen molar-refractivity contribution >= 4 is 45.7 Å². The summed E-state index contributed by atoms with van der Waals surface area (Å²) in [4.78, 5) is 10.3. The van der Waals surface area contributed by atoms with Crippen molar-refractivity contribution in [3.63, 3.8) is 0 Å². The first-order valence-corrected chi connectivity index (χ1v) is 9.36. The zero-order valence-electron chi connectivity index (χ0n) is 13.5. The fraction of sp³-hybridized carbons (Fsp3) is 0.267. The number of nitrogens with one attached hydrogen (secondary N) is 2. The van der Waals surface area contributed by atoms with Crippen LogP contribution in [0.15, 0.2) is 35.5 Å². The van der Waals surface area contributed by atoms with Crippen molar-refractivity contribution in [2.45, 2.75) is 4.90 Å². The fourth-order valence-electron chi connectivity index (χ4n) is 2.40. The van der Waals surface area contributed by atoms with Crippen molar-refractivity contribution in [2.75, 3.05) is 35.8 Å². The molecular formula is C15H16Cl2N6O2S. The Kier molecular flexibility index (Phi) is 6.61. The Hall–Kier alpha value is -2.12. The molecule has 138 valence electrons. The lowest BCUT2D eigenvalue weighted by molar-refractivity contribution is 0.580. The van der Waals surface area contributed by atoms with E-state index in [0.717, 1.165) is 26.2 Å². The molecule has 0 atom stereocenters. The molecule has 1 aromatic heterocycles. The second-order valence-corrected chi connectivity index (χ2v) is 7.43. The summed E-state index contributed by atoms with van der Waals surface area (Å²) >= 11 is 5.97. The first-order chi connectivity index (χ1) is 12.0. The molecule has 1 fully saturated rings. The topological polar surface area (TPSA) is 111 Å². The van der Waals surface area contributed by atoms with E-state index in [1.54, 1.807) is 0 Å². The fourth-order valence-corrected chi connectivity index (χ4v) is 3.97. The van der Waals surface area contributed by atoms with Crippen LogP contribution in [-0.2, 0) is 10.0 Å². The summed E-state index contributed by atoms with van der Waals surface area (Å²) in [5.74, 6) is 0.556. The Labute approximate surface area is 162 Å². The molecule has 1 saturated heterocycles. The minimum Gasteiger partial charge on any atom is -0.338 e.